The molecule has 1 aromatic carbocycles. The molecule has 0 bridgehead atoms. The first kappa shape index (κ1) is 21.4. The van der Waals surface area contributed by atoms with Crippen LogP contribution in [0.4, 0.5) is 0 Å². The van der Waals surface area contributed by atoms with Gasteiger partial charge in [-0.1, -0.05) is 42.5 Å². The number of ether oxygens (including phenoxy) is 1. The highest BCUT2D eigenvalue weighted by Crippen LogP contribution is 2.44. The molecule has 0 aromatic heterocycles. The highest BCUT2D eigenvalue weighted by Gasteiger charge is 2.30. The molecule has 28 heavy (non-hydrogen) atoms. The fraction of sp³-hybridized carbons (Fsp3) is 0.630. The van der Waals surface area contributed by atoms with Gasteiger partial charge >= 0.3 is 0 Å². The van der Waals surface area contributed by atoms with Crippen molar-refractivity contribution in [2.45, 2.75) is 83.7 Å². The second-order valence-electron chi connectivity index (χ2n) is 9.04. The average molecular weight is 381 g/mol. The lowest BCUT2D eigenvalue weighted by molar-refractivity contribution is 0.119. The zero-order chi connectivity index (χ0) is 19.6. The molecule has 0 radical (unpaired) electrons. The number of allylic oxidation sites excluding steroid dienone is 3. The predicted molar refractivity (Wildman–Crippen MR) is 120 cm³/mol. The van der Waals surface area contributed by atoms with E-state index in [0.717, 1.165) is 49.7 Å². The molecule has 0 spiro atoms. The van der Waals surface area contributed by atoms with Crippen LogP contribution in [0.3, 0.4) is 0 Å². The first-order valence-electron chi connectivity index (χ1n) is 11.7. The van der Waals surface area contributed by atoms with Gasteiger partial charge in [0.25, 0.3) is 0 Å². The van der Waals surface area contributed by atoms with Crippen molar-refractivity contribution in [1.82, 2.24) is 0 Å². The molecule has 2 aliphatic rings. The van der Waals surface area contributed by atoms with E-state index in [-0.39, 0.29) is 0 Å². The normalized spacial score (nSPS) is 28.5. The van der Waals surface area contributed by atoms with E-state index in [1.165, 1.54) is 56.9 Å². The van der Waals surface area contributed by atoms with Crippen molar-refractivity contribution < 1.29 is 4.74 Å². The summed E-state index contributed by atoms with van der Waals surface area (Å²) in [5.74, 6) is 3.63. The molecule has 0 heterocycles. The number of hydrogen-bond acceptors (Lipinski definition) is 1. The summed E-state index contributed by atoms with van der Waals surface area (Å²) in [5.41, 5.74) is 2.85. The Morgan fingerprint density at radius 1 is 0.929 bits per heavy atom. The first-order valence-corrected chi connectivity index (χ1v) is 11.7. The van der Waals surface area contributed by atoms with Gasteiger partial charge in [-0.2, -0.15) is 0 Å². The van der Waals surface area contributed by atoms with E-state index in [1.807, 2.05) is 6.08 Å². The van der Waals surface area contributed by atoms with Gasteiger partial charge in [-0.15, -0.1) is 6.58 Å². The lowest BCUT2D eigenvalue weighted by atomic mass is 9.68. The molecule has 0 unspecified atom stereocenters. The maximum atomic E-state index is 5.76. The van der Waals surface area contributed by atoms with Crippen LogP contribution in [0.2, 0.25) is 0 Å². The third-order valence-electron chi connectivity index (χ3n) is 7.14. The molecule has 0 N–H and O–H groups in total. The van der Waals surface area contributed by atoms with Gasteiger partial charge in [0.2, 0.25) is 0 Å². The van der Waals surface area contributed by atoms with Crippen molar-refractivity contribution in [1.29, 1.82) is 0 Å². The van der Waals surface area contributed by atoms with Gasteiger partial charge in [-0.25, -0.2) is 0 Å². The number of rotatable bonds is 9. The largest absolute Gasteiger partial charge is 0.377 e. The molecule has 1 aromatic rings. The van der Waals surface area contributed by atoms with E-state index in [0.29, 0.717) is 0 Å². The minimum atomic E-state index is 0.736. The predicted octanol–water partition coefficient (Wildman–Crippen LogP) is 7.83. The van der Waals surface area contributed by atoms with E-state index < -0.39 is 0 Å². The molecule has 154 valence electrons. The summed E-state index contributed by atoms with van der Waals surface area (Å²) < 4.78 is 5.76. The Morgan fingerprint density at radius 2 is 1.57 bits per heavy atom. The van der Waals surface area contributed by atoms with Crippen molar-refractivity contribution in [2.75, 3.05) is 6.61 Å². The van der Waals surface area contributed by atoms with Gasteiger partial charge in [0.1, 0.15) is 0 Å². The van der Waals surface area contributed by atoms with Crippen LogP contribution in [0.5, 0.6) is 0 Å². The minimum Gasteiger partial charge on any atom is -0.377 e. The Morgan fingerprint density at radius 3 is 2.18 bits per heavy atom. The Balaban J connectivity index is 1.39. The minimum absolute atomic E-state index is 0.736. The van der Waals surface area contributed by atoms with Crippen molar-refractivity contribution >= 4 is 0 Å². The van der Waals surface area contributed by atoms with E-state index in [1.54, 1.807) is 5.56 Å². The molecule has 0 amide bonds. The van der Waals surface area contributed by atoms with Crippen LogP contribution in [0, 0.1) is 17.8 Å². The summed E-state index contributed by atoms with van der Waals surface area (Å²) in [4.78, 5) is 0. The van der Waals surface area contributed by atoms with Crippen LogP contribution in [-0.2, 0) is 11.3 Å². The maximum absolute atomic E-state index is 5.76. The standard InChI is InChI=1S/C27H40O/c1-3-5-6-20-28-21-23-10-14-25(15-11-23)27-18-16-26(17-19-27)24-12-8-22(7-4-2)9-13-24/h3-4,7,10-11,14-15,22,24,26-27H,1,5-6,8-9,12-13,16-21H2,2H3/t22-,24-,26-,27-. The Hall–Kier alpha value is -1.34. The summed E-state index contributed by atoms with van der Waals surface area (Å²) in [7, 11) is 0. The Bertz CT molecular complexity index is 583. The van der Waals surface area contributed by atoms with Crippen LogP contribution in [0.15, 0.2) is 49.1 Å². The molecule has 1 nitrogen and oxygen atoms in total. The second-order valence-corrected chi connectivity index (χ2v) is 9.04. The van der Waals surface area contributed by atoms with Gasteiger partial charge < -0.3 is 4.74 Å². The fourth-order valence-electron chi connectivity index (χ4n) is 5.41. The number of unbranched alkanes of at least 4 members (excludes halogenated alkanes) is 1. The van der Waals surface area contributed by atoms with E-state index in [4.69, 9.17) is 4.74 Å². The zero-order valence-corrected chi connectivity index (χ0v) is 18.0. The molecule has 3 rings (SSSR count). The molecule has 2 fully saturated rings. The quantitative estimate of drug-likeness (QED) is 0.313. The number of benzene rings is 1. The molecular formula is C27H40O. The molecular weight excluding hydrogens is 340 g/mol. The summed E-state index contributed by atoms with van der Waals surface area (Å²) in [6, 6.07) is 9.26. The van der Waals surface area contributed by atoms with Gasteiger partial charge in [0, 0.05) is 6.61 Å². The second kappa shape index (κ2) is 11.6. The smallest absolute Gasteiger partial charge is 0.0716 e. The lowest BCUT2D eigenvalue weighted by Gasteiger charge is -2.37. The molecule has 0 saturated heterocycles. The van der Waals surface area contributed by atoms with Gasteiger partial charge in [0.05, 0.1) is 6.61 Å². The number of hydrogen-bond donors (Lipinski definition) is 0. The molecule has 0 atom stereocenters. The maximum Gasteiger partial charge on any atom is 0.0716 e. The van der Waals surface area contributed by atoms with Crippen molar-refractivity contribution in [2.24, 2.45) is 17.8 Å². The average Bonchev–Trinajstić information content (AvgIpc) is 2.75. The van der Waals surface area contributed by atoms with Crippen molar-refractivity contribution in [3.8, 4) is 0 Å². The van der Waals surface area contributed by atoms with Crippen LogP contribution < -0.4 is 0 Å². The van der Waals surface area contributed by atoms with Gasteiger partial charge in [-0.05, 0) is 106 Å². The zero-order valence-electron chi connectivity index (χ0n) is 18.0. The van der Waals surface area contributed by atoms with Crippen LogP contribution in [0.25, 0.3) is 0 Å². The van der Waals surface area contributed by atoms with Crippen LogP contribution in [0.1, 0.15) is 88.2 Å². The fourth-order valence-corrected chi connectivity index (χ4v) is 5.41. The highest BCUT2D eigenvalue weighted by atomic mass is 16.5. The van der Waals surface area contributed by atoms with E-state index in [9.17, 15) is 0 Å². The lowest BCUT2D eigenvalue weighted by Crippen LogP contribution is -2.25. The molecule has 2 aliphatic carbocycles. The molecule has 1 heteroatoms. The van der Waals surface area contributed by atoms with Gasteiger partial charge in [0.15, 0.2) is 0 Å². The highest BCUT2D eigenvalue weighted by molar-refractivity contribution is 5.25. The third-order valence-corrected chi connectivity index (χ3v) is 7.14. The third kappa shape index (κ3) is 6.34. The Kier molecular flexibility index (Phi) is 8.86. The van der Waals surface area contributed by atoms with Crippen LogP contribution in [-0.4, -0.2) is 6.61 Å². The van der Waals surface area contributed by atoms with Crippen LogP contribution >= 0.6 is 0 Å². The summed E-state index contributed by atoms with van der Waals surface area (Å²) in [5, 5.41) is 0. The van der Waals surface area contributed by atoms with Gasteiger partial charge in [-0.3, -0.25) is 0 Å². The van der Waals surface area contributed by atoms with E-state index >= 15 is 0 Å². The Labute approximate surface area is 173 Å². The molecule has 0 aliphatic heterocycles. The summed E-state index contributed by atoms with van der Waals surface area (Å²) >= 11 is 0. The SMILES string of the molecule is C=CCCCOCc1ccc([C@H]2CC[C@H]([C@H]3CC[C@H](C=CC)CC3)CC2)cc1. The summed E-state index contributed by atoms with van der Waals surface area (Å²) in [6.45, 7) is 7.48. The topological polar surface area (TPSA) is 9.23 Å². The first-order chi connectivity index (χ1) is 13.8. The van der Waals surface area contributed by atoms with E-state index in [2.05, 4.69) is 49.9 Å². The monoisotopic (exact) mass is 380 g/mol. The van der Waals surface area contributed by atoms with Crippen molar-refractivity contribution in [3.05, 3.63) is 60.2 Å². The summed E-state index contributed by atoms with van der Waals surface area (Å²) in [6.07, 6.45) is 20.2. The molecule has 2 saturated carbocycles. The van der Waals surface area contributed by atoms with Crippen molar-refractivity contribution in [3.63, 3.8) is 0 Å².